The van der Waals surface area contributed by atoms with Crippen LogP contribution < -0.4 is 20.7 Å². The number of carbonyl (C=O) groups is 4. The minimum absolute atomic E-state index is 0.192. The summed E-state index contributed by atoms with van der Waals surface area (Å²) in [5.74, 6) is -1.71. The number of ether oxygens (including phenoxy) is 2. The standard InChI is InChI=1S/C28H29N3O6/c1-17(2)24(27(34)30-23-12-8-6-10-21(23)28(35)37-4)31-26(33)20-9-5-7-11-22(20)29-25(32)18-13-15-19(36-3)16-14-18/h5-17,24H,1-4H3,(H,29,32)(H,30,34)(H,31,33)/t24-/m1/s1. The first-order chi connectivity index (χ1) is 17.7. The lowest BCUT2D eigenvalue weighted by atomic mass is 10.0. The molecule has 0 aliphatic rings. The Morgan fingerprint density at radius 2 is 1.27 bits per heavy atom. The number of benzene rings is 3. The van der Waals surface area contributed by atoms with Gasteiger partial charge in [0, 0.05) is 5.56 Å². The third-order valence-corrected chi connectivity index (χ3v) is 5.60. The Labute approximate surface area is 215 Å². The second-order valence-corrected chi connectivity index (χ2v) is 8.45. The number of amides is 3. The molecular formula is C28H29N3O6. The fraction of sp³-hybridized carbons (Fsp3) is 0.214. The average Bonchev–Trinajstić information content (AvgIpc) is 2.91. The van der Waals surface area contributed by atoms with Gasteiger partial charge in [-0.1, -0.05) is 38.1 Å². The van der Waals surface area contributed by atoms with Crippen LogP contribution in [0, 0.1) is 5.92 Å². The molecule has 3 rings (SSSR count). The number of rotatable bonds is 9. The Morgan fingerprint density at radius 3 is 1.84 bits per heavy atom. The summed E-state index contributed by atoms with van der Waals surface area (Å²) >= 11 is 0. The summed E-state index contributed by atoms with van der Waals surface area (Å²) in [5.41, 5.74) is 1.34. The summed E-state index contributed by atoms with van der Waals surface area (Å²) in [4.78, 5) is 51.2. The molecule has 0 aliphatic heterocycles. The van der Waals surface area contributed by atoms with Gasteiger partial charge in [0.2, 0.25) is 5.91 Å². The van der Waals surface area contributed by atoms with Gasteiger partial charge in [-0.2, -0.15) is 0 Å². The molecule has 9 heteroatoms. The number of anilines is 2. The van der Waals surface area contributed by atoms with Crippen molar-refractivity contribution < 1.29 is 28.7 Å². The maximum absolute atomic E-state index is 13.2. The monoisotopic (exact) mass is 503 g/mol. The minimum atomic E-state index is -0.927. The van der Waals surface area contributed by atoms with Crippen molar-refractivity contribution in [1.82, 2.24) is 5.32 Å². The highest BCUT2D eigenvalue weighted by atomic mass is 16.5. The lowest BCUT2D eigenvalue weighted by Crippen LogP contribution is -2.47. The Bertz CT molecular complexity index is 1290. The molecule has 192 valence electrons. The normalized spacial score (nSPS) is 11.3. The molecule has 3 aromatic carbocycles. The van der Waals surface area contributed by atoms with Crippen LogP contribution in [0.5, 0.6) is 5.75 Å². The highest BCUT2D eigenvalue weighted by Crippen LogP contribution is 2.20. The highest BCUT2D eigenvalue weighted by molar-refractivity contribution is 6.10. The van der Waals surface area contributed by atoms with Crippen molar-refractivity contribution in [2.75, 3.05) is 24.9 Å². The lowest BCUT2D eigenvalue weighted by molar-refractivity contribution is -0.118. The van der Waals surface area contributed by atoms with Crippen molar-refractivity contribution in [2.24, 2.45) is 5.92 Å². The molecule has 0 spiro atoms. The number of hydrogen-bond donors (Lipinski definition) is 3. The van der Waals surface area contributed by atoms with Crippen LogP contribution in [0.4, 0.5) is 11.4 Å². The van der Waals surface area contributed by atoms with Gasteiger partial charge in [0.15, 0.2) is 0 Å². The molecule has 0 bridgehead atoms. The largest absolute Gasteiger partial charge is 0.497 e. The molecule has 0 heterocycles. The number of esters is 1. The van der Waals surface area contributed by atoms with E-state index in [1.807, 2.05) is 0 Å². The van der Waals surface area contributed by atoms with E-state index in [0.717, 1.165) is 0 Å². The molecule has 0 fully saturated rings. The Morgan fingerprint density at radius 1 is 0.703 bits per heavy atom. The third kappa shape index (κ3) is 6.72. The molecule has 0 radical (unpaired) electrons. The molecule has 0 saturated carbocycles. The number of methoxy groups -OCH3 is 2. The molecule has 1 atom stereocenters. The molecule has 9 nitrogen and oxygen atoms in total. The summed E-state index contributed by atoms with van der Waals surface area (Å²) < 4.78 is 9.89. The Balaban J connectivity index is 1.78. The fourth-order valence-corrected chi connectivity index (χ4v) is 3.57. The van der Waals surface area contributed by atoms with E-state index in [4.69, 9.17) is 9.47 Å². The number of nitrogens with one attached hydrogen (secondary N) is 3. The summed E-state index contributed by atoms with van der Waals surface area (Å²) in [6, 6.07) is 18.6. The van der Waals surface area contributed by atoms with Gasteiger partial charge in [-0.15, -0.1) is 0 Å². The molecule has 0 unspecified atom stereocenters. The summed E-state index contributed by atoms with van der Waals surface area (Å²) in [5, 5.41) is 8.21. The van der Waals surface area contributed by atoms with Gasteiger partial charge in [0.05, 0.1) is 36.7 Å². The van der Waals surface area contributed by atoms with Crippen LogP contribution >= 0.6 is 0 Å². The van der Waals surface area contributed by atoms with Crippen molar-refractivity contribution in [2.45, 2.75) is 19.9 Å². The highest BCUT2D eigenvalue weighted by Gasteiger charge is 2.27. The number of para-hydroxylation sites is 2. The molecular weight excluding hydrogens is 474 g/mol. The van der Waals surface area contributed by atoms with Gasteiger partial charge >= 0.3 is 5.97 Å². The van der Waals surface area contributed by atoms with Crippen LogP contribution in [0.15, 0.2) is 72.8 Å². The predicted molar refractivity (Wildman–Crippen MR) is 140 cm³/mol. The van der Waals surface area contributed by atoms with Crippen LogP contribution in [-0.2, 0) is 9.53 Å². The van der Waals surface area contributed by atoms with E-state index in [-0.39, 0.29) is 22.7 Å². The first-order valence-electron chi connectivity index (χ1n) is 11.6. The van der Waals surface area contributed by atoms with Crippen molar-refractivity contribution in [3.8, 4) is 5.75 Å². The molecule has 0 aromatic heterocycles. The molecule has 3 aromatic rings. The molecule has 3 N–H and O–H groups in total. The third-order valence-electron chi connectivity index (χ3n) is 5.60. The van der Waals surface area contributed by atoms with Crippen molar-refractivity contribution in [1.29, 1.82) is 0 Å². The molecule has 37 heavy (non-hydrogen) atoms. The Kier molecular flexibility index (Phi) is 8.99. The van der Waals surface area contributed by atoms with Gasteiger partial charge in [0.1, 0.15) is 11.8 Å². The molecule has 3 amide bonds. The van der Waals surface area contributed by atoms with Gasteiger partial charge in [-0.25, -0.2) is 4.79 Å². The molecule has 0 aliphatic carbocycles. The number of carbonyl (C=O) groups excluding carboxylic acids is 4. The summed E-state index contributed by atoms with van der Waals surface area (Å²) in [6.07, 6.45) is 0. The second-order valence-electron chi connectivity index (χ2n) is 8.45. The van der Waals surface area contributed by atoms with Crippen LogP contribution in [0.1, 0.15) is 44.9 Å². The van der Waals surface area contributed by atoms with Crippen molar-refractivity contribution in [3.63, 3.8) is 0 Å². The first-order valence-corrected chi connectivity index (χ1v) is 11.6. The van der Waals surface area contributed by atoms with Crippen LogP contribution in [-0.4, -0.2) is 44.0 Å². The van der Waals surface area contributed by atoms with Crippen molar-refractivity contribution in [3.05, 3.63) is 89.5 Å². The van der Waals surface area contributed by atoms with E-state index >= 15 is 0 Å². The first kappa shape index (κ1) is 26.9. The minimum Gasteiger partial charge on any atom is -0.497 e. The Hall–Kier alpha value is -4.66. The van der Waals surface area contributed by atoms with Gasteiger partial charge in [-0.05, 0) is 54.4 Å². The fourth-order valence-electron chi connectivity index (χ4n) is 3.57. The zero-order valence-electron chi connectivity index (χ0n) is 21.0. The van der Waals surface area contributed by atoms with Crippen LogP contribution in [0.2, 0.25) is 0 Å². The van der Waals surface area contributed by atoms with E-state index in [1.165, 1.54) is 20.3 Å². The summed E-state index contributed by atoms with van der Waals surface area (Å²) in [6.45, 7) is 3.57. The SMILES string of the molecule is COC(=O)c1ccccc1NC(=O)[C@H](NC(=O)c1ccccc1NC(=O)c1ccc(OC)cc1)C(C)C. The zero-order valence-corrected chi connectivity index (χ0v) is 21.0. The topological polar surface area (TPSA) is 123 Å². The van der Waals surface area contributed by atoms with Crippen LogP contribution in [0.25, 0.3) is 0 Å². The zero-order chi connectivity index (χ0) is 26.9. The van der Waals surface area contributed by atoms with Gasteiger partial charge in [-0.3, -0.25) is 14.4 Å². The lowest BCUT2D eigenvalue weighted by Gasteiger charge is -2.23. The predicted octanol–water partition coefficient (Wildman–Crippen LogP) is 4.13. The smallest absolute Gasteiger partial charge is 0.339 e. The summed E-state index contributed by atoms with van der Waals surface area (Å²) in [7, 11) is 2.79. The van der Waals surface area contributed by atoms with E-state index in [2.05, 4.69) is 16.0 Å². The second kappa shape index (κ2) is 12.3. The molecule has 0 saturated heterocycles. The van der Waals surface area contributed by atoms with Gasteiger partial charge in [0.25, 0.3) is 11.8 Å². The maximum atomic E-state index is 13.2. The number of hydrogen-bond acceptors (Lipinski definition) is 6. The van der Waals surface area contributed by atoms with Crippen molar-refractivity contribution >= 4 is 35.1 Å². The van der Waals surface area contributed by atoms with Crippen LogP contribution in [0.3, 0.4) is 0 Å². The van der Waals surface area contributed by atoms with E-state index < -0.39 is 29.7 Å². The van der Waals surface area contributed by atoms with E-state index in [9.17, 15) is 19.2 Å². The van der Waals surface area contributed by atoms with E-state index in [0.29, 0.717) is 17.0 Å². The average molecular weight is 504 g/mol. The van der Waals surface area contributed by atoms with Gasteiger partial charge < -0.3 is 25.4 Å². The van der Waals surface area contributed by atoms with E-state index in [1.54, 1.807) is 80.6 Å². The maximum Gasteiger partial charge on any atom is 0.339 e. The quantitative estimate of drug-likeness (QED) is 0.378.